The van der Waals surface area contributed by atoms with Gasteiger partial charge in [-0.05, 0) is 25.1 Å². The summed E-state index contributed by atoms with van der Waals surface area (Å²) in [4.78, 5) is 4.73. The fourth-order valence-electron chi connectivity index (χ4n) is 1.57. The van der Waals surface area contributed by atoms with Crippen LogP contribution in [0.25, 0.3) is 0 Å². The van der Waals surface area contributed by atoms with Crippen molar-refractivity contribution < 1.29 is 4.21 Å². The number of hydrogen-bond donors (Lipinski definition) is 0. The predicted octanol–water partition coefficient (Wildman–Crippen LogP) is 2.57. The Balaban J connectivity index is 2.22. The van der Waals surface area contributed by atoms with E-state index in [0.29, 0.717) is 11.4 Å². The van der Waals surface area contributed by atoms with Gasteiger partial charge in [0.15, 0.2) is 0 Å². The van der Waals surface area contributed by atoms with Gasteiger partial charge in [-0.2, -0.15) is 5.26 Å². The fraction of sp³-hybridized carbons (Fsp3) is 0.143. The standard InChI is InChI=1S/C14H12N2OS/c1-11-4-6-13(7-5-11)18(17)10-12-3-2-8-16-14(12)9-15/h2-8H,10H2,1H3. The maximum atomic E-state index is 12.2. The predicted molar refractivity (Wildman–Crippen MR) is 70.2 cm³/mol. The highest BCUT2D eigenvalue weighted by atomic mass is 32.2. The second-order valence-electron chi connectivity index (χ2n) is 3.93. The van der Waals surface area contributed by atoms with Crippen molar-refractivity contribution in [1.82, 2.24) is 4.98 Å². The molecule has 18 heavy (non-hydrogen) atoms. The summed E-state index contributed by atoms with van der Waals surface area (Å²) in [5.41, 5.74) is 2.20. The maximum Gasteiger partial charge on any atom is 0.144 e. The molecule has 1 aromatic carbocycles. The Hall–Kier alpha value is -1.99. The molecular weight excluding hydrogens is 244 g/mol. The highest BCUT2D eigenvalue weighted by Gasteiger charge is 2.09. The van der Waals surface area contributed by atoms with Gasteiger partial charge in [-0.1, -0.05) is 23.8 Å². The van der Waals surface area contributed by atoms with Gasteiger partial charge in [0.05, 0.1) is 16.6 Å². The van der Waals surface area contributed by atoms with E-state index < -0.39 is 10.8 Å². The molecule has 0 saturated carbocycles. The normalized spacial score (nSPS) is 11.8. The highest BCUT2D eigenvalue weighted by molar-refractivity contribution is 7.84. The summed E-state index contributed by atoms with van der Waals surface area (Å²) in [7, 11) is -1.15. The number of nitriles is 1. The molecule has 4 heteroatoms. The highest BCUT2D eigenvalue weighted by Crippen LogP contribution is 2.14. The molecule has 0 aliphatic carbocycles. The van der Waals surface area contributed by atoms with Gasteiger partial charge in [0.25, 0.3) is 0 Å². The molecule has 1 unspecified atom stereocenters. The van der Waals surface area contributed by atoms with Crippen molar-refractivity contribution >= 4 is 10.8 Å². The van der Waals surface area contributed by atoms with Crippen LogP contribution in [-0.4, -0.2) is 9.19 Å². The number of benzene rings is 1. The van der Waals surface area contributed by atoms with E-state index in [1.54, 1.807) is 18.3 Å². The third kappa shape index (κ3) is 2.82. The van der Waals surface area contributed by atoms with Crippen molar-refractivity contribution in [3.05, 3.63) is 59.4 Å². The molecule has 0 aliphatic heterocycles. The Morgan fingerprint density at radius 3 is 2.67 bits per heavy atom. The van der Waals surface area contributed by atoms with Crippen molar-refractivity contribution in [2.75, 3.05) is 0 Å². The Labute approximate surface area is 109 Å². The summed E-state index contributed by atoms with van der Waals surface area (Å²) in [6, 6.07) is 13.1. The van der Waals surface area contributed by atoms with Crippen molar-refractivity contribution in [2.24, 2.45) is 0 Å². The first-order chi connectivity index (χ1) is 8.70. The van der Waals surface area contributed by atoms with E-state index in [1.165, 1.54) is 0 Å². The number of rotatable bonds is 3. The molecule has 2 rings (SSSR count). The van der Waals surface area contributed by atoms with Gasteiger partial charge in [-0.15, -0.1) is 0 Å². The Morgan fingerprint density at radius 2 is 2.00 bits per heavy atom. The minimum atomic E-state index is -1.15. The summed E-state index contributed by atoms with van der Waals surface area (Å²) in [5, 5.41) is 8.93. The number of aromatic nitrogens is 1. The van der Waals surface area contributed by atoms with Gasteiger partial charge in [0.1, 0.15) is 11.8 Å². The molecule has 1 atom stereocenters. The van der Waals surface area contributed by atoms with Gasteiger partial charge in [-0.25, -0.2) is 4.98 Å². The molecule has 0 N–H and O–H groups in total. The molecule has 1 aromatic heterocycles. The molecule has 90 valence electrons. The van der Waals surface area contributed by atoms with E-state index >= 15 is 0 Å². The molecule has 3 nitrogen and oxygen atoms in total. The second kappa shape index (κ2) is 5.56. The van der Waals surface area contributed by atoms with Crippen LogP contribution in [0.4, 0.5) is 0 Å². The number of pyridine rings is 1. The minimum Gasteiger partial charge on any atom is -0.254 e. The van der Waals surface area contributed by atoms with E-state index in [2.05, 4.69) is 4.98 Å². The van der Waals surface area contributed by atoms with E-state index in [4.69, 9.17) is 5.26 Å². The molecule has 1 heterocycles. The third-order valence-electron chi connectivity index (χ3n) is 2.57. The lowest BCUT2D eigenvalue weighted by molar-refractivity contribution is 0.682. The average Bonchev–Trinajstić information content (AvgIpc) is 2.40. The van der Waals surface area contributed by atoms with Crippen LogP contribution >= 0.6 is 0 Å². The largest absolute Gasteiger partial charge is 0.254 e. The molecule has 0 saturated heterocycles. The van der Waals surface area contributed by atoms with Crippen molar-refractivity contribution in [3.8, 4) is 6.07 Å². The third-order valence-corrected chi connectivity index (χ3v) is 3.94. The van der Waals surface area contributed by atoms with Crippen molar-refractivity contribution in [3.63, 3.8) is 0 Å². The van der Waals surface area contributed by atoms with Gasteiger partial charge in [-0.3, -0.25) is 4.21 Å². The van der Waals surface area contributed by atoms with Gasteiger partial charge in [0.2, 0.25) is 0 Å². The number of aryl methyl sites for hydroxylation is 1. The fourth-order valence-corrected chi connectivity index (χ4v) is 2.69. The average molecular weight is 256 g/mol. The maximum absolute atomic E-state index is 12.2. The quantitative estimate of drug-likeness (QED) is 0.848. The molecule has 2 aromatic rings. The van der Waals surface area contributed by atoms with Gasteiger partial charge in [0, 0.05) is 16.7 Å². The second-order valence-corrected chi connectivity index (χ2v) is 5.38. The van der Waals surface area contributed by atoms with Crippen LogP contribution in [0, 0.1) is 18.3 Å². The van der Waals surface area contributed by atoms with Gasteiger partial charge >= 0.3 is 0 Å². The summed E-state index contributed by atoms with van der Waals surface area (Å²) in [6.07, 6.45) is 1.57. The lowest BCUT2D eigenvalue weighted by Gasteiger charge is -2.04. The molecule has 0 radical (unpaired) electrons. The Bertz CT molecular complexity index is 614. The smallest absolute Gasteiger partial charge is 0.144 e. The van der Waals surface area contributed by atoms with E-state index in [-0.39, 0.29) is 0 Å². The number of hydrogen-bond acceptors (Lipinski definition) is 3. The zero-order valence-electron chi connectivity index (χ0n) is 9.96. The first-order valence-electron chi connectivity index (χ1n) is 5.50. The number of nitrogens with zero attached hydrogens (tertiary/aromatic N) is 2. The lowest BCUT2D eigenvalue weighted by atomic mass is 10.2. The molecular formula is C14H12N2OS. The van der Waals surface area contributed by atoms with Crippen LogP contribution < -0.4 is 0 Å². The minimum absolute atomic E-state index is 0.319. The topological polar surface area (TPSA) is 53.8 Å². The molecule has 0 spiro atoms. The van der Waals surface area contributed by atoms with Crippen molar-refractivity contribution in [2.45, 2.75) is 17.6 Å². The lowest BCUT2D eigenvalue weighted by Crippen LogP contribution is -2.00. The van der Waals surface area contributed by atoms with Crippen LogP contribution in [0.15, 0.2) is 47.5 Å². The van der Waals surface area contributed by atoms with Crippen LogP contribution in [0.5, 0.6) is 0 Å². The van der Waals surface area contributed by atoms with E-state index in [9.17, 15) is 4.21 Å². The first-order valence-corrected chi connectivity index (χ1v) is 6.81. The molecule has 0 bridgehead atoms. The molecule has 0 fully saturated rings. The van der Waals surface area contributed by atoms with E-state index in [0.717, 1.165) is 16.0 Å². The van der Waals surface area contributed by atoms with Crippen LogP contribution in [-0.2, 0) is 16.6 Å². The zero-order valence-corrected chi connectivity index (χ0v) is 10.8. The van der Waals surface area contributed by atoms with Crippen LogP contribution in [0.3, 0.4) is 0 Å². The first kappa shape index (κ1) is 12.5. The van der Waals surface area contributed by atoms with E-state index in [1.807, 2.05) is 37.3 Å². The Kier molecular flexibility index (Phi) is 3.85. The Morgan fingerprint density at radius 1 is 1.28 bits per heavy atom. The summed E-state index contributed by atoms with van der Waals surface area (Å²) in [6.45, 7) is 1.99. The summed E-state index contributed by atoms with van der Waals surface area (Å²) >= 11 is 0. The van der Waals surface area contributed by atoms with Gasteiger partial charge < -0.3 is 0 Å². The summed E-state index contributed by atoms with van der Waals surface area (Å²) < 4.78 is 12.2. The van der Waals surface area contributed by atoms with Crippen LogP contribution in [0.2, 0.25) is 0 Å². The zero-order chi connectivity index (χ0) is 13.0. The van der Waals surface area contributed by atoms with Crippen LogP contribution in [0.1, 0.15) is 16.8 Å². The molecule has 0 amide bonds. The summed E-state index contributed by atoms with van der Waals surface area (Å²) in [5.74, 6) is 0.319. The SMILES string of the molecule is Cc1ccc(S(=O)Cc2cccnc2C#N)cc1. The van der Waals surface area contributed by atoms with Crippen molar-refractivity contribution in [1.29, 1.82) is 5.26 Å². The molecule has 0 aliphatic rings. The monoisotopic (exact) mass is 256 g/mol.